The van der Waals surface area contributed by atoms with E-state index in [1.165, 1.54) is 12.1 Å². The van der Waals surface area contributed by atoms with Gasteiger partial charge in [-0.3, -0.25) is 4.79 Å². The Bertz CT molecular complexity index is 490. The lowest BCUT2D eigenvalue weighted by molar-refractivity contribution is -0.166. The standard InChI is InChI=1S/C11H10F4N2O/c12-9(13)11(14,15)10(18)17-4-3-6-5-7(16)1-2-8(6)17/h1-2,5,9H,3-4,16H2. The highest BCUT2D eigenvalue weighted by molar-refractivity contribution is 6.00. The zero-order valence-electron chi connectivity index (χ0n) is 9.17. The van der Waals surface area contributed by atoms with Crippen LogP contribution in [0, 0.1) is 0 Å². The van der Waals surface area contributed by atoms with Gasteiger partial charge < -0.3 is 10.6 Å². The highest BCUT2D eigenvalue weighted by Crippen LogP contribution is 2.34. The van der Waals surface area contributed by atoms with Crippen LogP contribution in [0.3, 0.4) is 0 Å². The number of alkyl halides is 4. The minimum atomic E-state index is -4.66. The molecule has 0 saturated heterocycles. The summed E-state index contributed by atoms with van der Waals surface area (Å²) >= 11 is 0. The lowest BCUT2D eigenvalue weighted by Crippen LogP contribution is -2.47. The Labute approximate surface area is 100 Å². The number of carbonyl (C=O) groups excluding carboxylic acids is 1. The number of halogens is 4. The fourth-order valence-corrected chi connectivity index (χ4v) is 1.91. The molecule has 1 aromatic carbocycles. The van der Waals surface area contributed by atoms with Gasteiger partial charge in [0.2, 0.25) is 0 Å². The fourth-order valence-electron chi connectivity index (χ4n) is 1.91. The lowest BCUT2D eigenvalue weighted by atomic mass is 10.1. The van der Waals surface area contributed by atoms with Gasteiger partial charge in [0.15, 0.2) is 0 Å². The molecule has 0 spiro atoms. The summed E-state index contributed by atoms with van der Waals surface area (Å²) in [4.78, 5) is 12.1. The van der Waals surface area contributed by atoms with Gasteiger partial charge in [0.25, 0.3) is 0 Å². The number of nitrogens with zero attached hydrogens (tertiary/aromatic N) is 1. The number of hydrogen-bond donors (Lipinski definition) is 1. The Morgan fingerprint density at radius 2 is 2.06 bits per heavy atom. The van der Waals surface area contributed by atoms with Crippen LogP contribution in [-0.2, 0) is 11.2 Å². The third-order valence-electron chi connectivity index (χ3n) is 2.80. The highest BCUT2D eigenvalue weighted by atomic mass is 19.3. The van der Waals surface area contributed by atoms with E-state index in [9.17, 15) is 22.4 Å². The minimum absolute atomic E-state index is 0.0417. The van der Waals surface area contributed by atoms with E-state index in [0.717, 1.165) is 0 Å². The van der Waals surface area contributed by atoms with Crippen molar-refractivity contribution < 1.29 is 22.4 Å². The summed E-state index contributed by atoms with van der Waals surface area (Å²) in [6.07, 6.45) is -3.69. The smallest absolute Gasteiger partial charge is 0.384 e. The Morgan fingerprint density at radius 1 is 1.39 bits per heavy atom. The molecule has 0 aromatic heterocycles. The van der Waals surface area contributed by atoms with Crippen molar-refractivity contribution in [2.24, 2.45) is 0 Å². The fraction of sp³-hybridized carbons (Fsp3) is 0.364. The van der Waals surface area contributed by atoms with Gasteiger partial charge in [-0.1, -0.05) is 0 Å². The maximum absolute atomic E-state index is 13.0. The third kappa shape index (κ3) is 1.89. The highest BCUT2D eigenvalue weighted by Gasteiger charge is 2.52. The molecule has 1 amide bonds. The van der Waals surface area contributed by atoms with Gasteiger partial charge >= 0.3 is 18.3 Å². The van der Waals surface area contributed by atoms with Crippen LogP contribution in [0.15, 0.2) is 18.2 Å². The monoisotopic (exact) mass is 262 g/mol. The summed E-state index contributed by atoms with van der Waals surface area (Å²) in [7, 11) is 0. The maximum Gasteiger partial charge on any atom is 0.384 e. The first-order chi connectivity index (χ1) is 8.34. The van der Waals surface area contributed by atoms with Crippen molar-refractivity contribution in [2.45, 2.75) is 18.8 Å². The number of rotatable bonds is 2. The second-order valence-electron chi connectivity index (χ2n) is 4.02. The van der Waals surface area contributed by atoms with E-state index in [-0.39, 0.29) is 12.2 Å². The summed E-state index contributed by atoms with van der Waals surface area (Å²) in [5.41, 5.74) is 6.77. The van der Waals surface area contributed by atoms with Crippen molar-refractivity contribution in [3.63, 3.8) is 0 Å². The van der Waals surface area contributed by atoms with Gasteiger partial charge in [-0.2, -0.15) is 8.78 Å². The van der Waals surface area contributed by atoms with E-state index < -0.39 is 18.3 Å². The van der Waals surface area contributed by atoms with Gasteiger partial charge in [-0.25, -0.2) is 8.78 Å². The molecular weight excluding hydrogens is 252 g/mol. The van der Waals surface area contributed by atoms with Gasteiger partial charge in [0.1, 0.15) is 0 Å². The molecule has 3 nitrogen and oxygen atoms in total. The number of nitrogen functional groups attached to an aromatic ring is 1. The van der Waals surface area contributed by atoms with Crippen molar-refractivity contribution in [1.29, 1.82) is 0 Å². The van der Waals surface area contributed by atoms with E-state index in [0.29, 0.717) is 22.6 Å². The molecule has 2 rings (SSSR count). The Balaban J connectivity index is 2.32. The number of anilines is 2. The van der Waals surface area contributed by atoms with Gasteiger partial charge in [0, 0.05) is 17.9 Å². The van der Waals surface area contributed by atoms with E-state index in [1.807, 2.05) is 0 Å². The van der Waals surface area contributed by atoms with Gasteiger partial charge in [0.05, 0.1) is 0 Å². The predicted molar refractivity (Wildman–Crippen MR) is 57.9 cm³/mol. The summed E-state index contributed by atoms with van der Waals surface area (Å²) in [5, 5.41) is 0. The average molecular weight is 262 g/mol. The van der Waals surface area contributed by atoms with E-state index in [1.54, 1.807) is 6.07 Å². The first-order valence-corrected chi connectivity index (χ1v) is 5.20. The first kappa shape index (κ1) is 12.7. The number of hydrogen-bond acceptors (Lipinski definition) is 2. The largest absolute Gasteiger partial charge is 0.399 e. The number of amides is 1. The molecule has 0 saturated carbocycles. The summed E-state index contributed by atoms with van der Waals surface area (Å²) in [6.45, 7) is -0.0417. The first-order valence-electron chi connectivity index (χ1n) is 5.20. The number of carbonyl (C=O) groups is 1. The van der Waals surface area contributed by atoms with Crippen molar-refractivity contribution in [2.75, 3.05) is 17.2 Å². The van der Waals surface area contributed by atoms with Crippen molar-refractivity contribution >= 4 is 17.3 Å². The van der Waals surface area contributed by atoms with Crippen LogP contribution in [-0.4, -0.2) is 24.8 Å². The van der Waals surface area contributed by atoms with Crippen molar-refractivity contribution in [3.05, 3.63) is 23.8 Å². The molecule has 1 aromatic rings. The zero-order chi connectivity index (χ0) is 13.5. The van der Waals surface area contributed by atoms with Gasteiger partial charge in [-0.05, 0) is 30.2 Å². The van der Waals surface area contributed by atoms with Crippen LogP contribution in [0.25, 0.3) is 0 Å². The number of benzene rings is 1. The van der Waals surface area contributed by atoms with Crippen LogP contribution >= 0.6 is 0 Å². The summed E-state index contributed by atoms with van der Waals surface area (Å²) < 4.78 is 50.3. The van der Waals surface area contributed by atoms with Gasteiger partial charge in [-0.15, -0.1) is 0 Å². The molecule has 0 fully saturated rings. The zero-order valence-corrected chi connectivity index (χ0v) is 9.17. The summed E-state index contributed by atoms with van der Waals surface area (Å²) in [5.74, 6) is -6.54. The van der Waals surface area contributed by atoms with E-state index >= 15 is 0 Å². The van der Waals surface area contributed by atoms with Crippen LogP contribution in [0.1, 0.15) is 5.56 Å². The molecule has 0 atom stereocenters. The second-order valence-corrected chi connectivity index (χ2v) is 4.02. The van der Waals surface area contributed by atoms with Crippen LogP contribution < -0.4 is 10.6 Å². The normalized spacial score (nSPS) is 15.1. The lowest BCUT2D eigenvalue weighted by Gasteiger charge is -2.23. The van der Waals surface area contributed by atoms with Crippen LogP contribution in [0.2, 0.25) is 0 Å². The Kier molecular flexibility index (Phi) is 2.92. The summed E-state index contributed by atoms with van der Waals surface area (Å²) in [6, 6.07) is 4.37. The Morgan fingerprint density at radius 3 is 2.67 bits per heavy atom. The molecular formula is C11H10F4N2O. The van der Waals surface area contributed by atoms with E-state index in [2.05, 4.69) is 0 Å². The predicted octanol–water partition coefficient (Wildman–Crippen LogP) is 2.06. The van der Waals surface area contributed by atoms with Crippen molar-refractivity contribution in [3.8, 4) is 0 Å². The molecule has 0 aliphatic carbocycles. The van der Waals surface area contributed by atoms with Crippen molar-refractivity contribution in [1.82, 2.24) is 0 Å². The van der Waals surface area contributed by atoms with E-state index in [4.69, 9.17) is 5.73 Å². The Hall–Kier alpha value is -1.79. The second kappa shape index (κ2) is 4.15. The average Bonchev–Trinajstić information content (AvgIpc) is 2.70. The maximum atomic E-state index is 13.0. The molecule has 98 valence electrons. The molecule has 2 N–H and O–H groups in total. The molecule has 0 radical (unpaired) electrons. The molecule has 18 heavy (non-hydrogen) atoms. The SMILES string of the molecule is Nc1ccc2c(c1)CCN2C(=O)C(F)(F)C(F)F. The molecule has 1 aliphatic heterocycles. The minimum Gasteiger partial charge on any atom is -0.399 e. The quantitative estimate of drug-likeness (QED) is 0.655. The van der Waals surface area contributed by atoms with Crippen LogP contribution in [0.5, 0.6) is 0 Å². The number of nitrogens with two attached hydrogens (primary N) is 1. The molecule has 0 unspecified atom stereocenters. The topological polar surface area (TPSA) is 46.3 Å². The molecule has 7 heteroatoms. The number of fused-ring (bicyclic) bond motifs is 1. The molecule has 0 bridgehead atoms. The van der Waals surface area contributed by atoms with Crippen LogP contribution in [0.4, 0.5) is 28.9 Å². The third-order valence-corrected chi connectivity index (χ3v) is 2.80. The molecule has 1 heterocycles. The molecule has 1 aliphatic rings.